The SMILES string of the molecule is C[C@H](NC(=O)c1ccccc1NS(=O)(=O)c1ccc(OC(F)(F)F)cc1)c1ccccc1. The Morgan fingerprint density at radius 2 is 1.50 bits per heavy atom. The Labute approximate surface area is 183 Å². The van der Waals surface area contributed by atoms with Crippen molar-refractivity contribution in [3.63, 3.8) is 0 Å². The summed E-state index contributed by atoms with van der Waals surface area (Å²) in [6.45, 7) is 1.80. The van der Waals surface area contributed by atoms with Gasteiger partial charge in [0.2, 0.25) is 0 Å². The van der Waals surface area contributed by atoms with Gasteiger partial charge in [0.1, 0.15) is 5.75 Å². The fraction of sp³-hybridized carbons (Fsp3) is 0.136. The Bertz CT molecular complexity index is 1180. The number of benzene rings is 3. The minimum Gasteiger partial charge on any atom is -0.406 e. The average molecular weight is 464 g/mol. The summed E-state index contributed by atoms with van der Waals surface area (Å²) in [7, 11) is -4.18. The number of alkyl halides is 3. The molecular weight excluding hydrogens is 445 g/mol. The number of halogens is 3. The van der Waals surface area contributed by atoms with E-state index in [-0.39, 0.29) is 22.2 Å². The molecule has 0 saturated heterocycles. The monoisotopic (exact) mass is 464 g/mol. The first-order valence-electron chi connectivity index (χ1n) is 9.39. The largest absolute Gasteiger partial charge is 0.573 e. The van der Waals surface area contributed by atoms with Crippen LogP contribution in [0.1, 0.15) is 28.9 Å². The first kappa shape index (κ1) is 23.1. The molecule has 0 aliphatic carbocycles. The molecule has 0 aromatic heterocycles. The normalized spacial score (nSPS) is 12.6. The highest BCUT2D eigenvalue weighted by molar-refractivity contribution is 7.92. The molecule has 6 nitrogen and oxygen atoms in total. The minimum atomic E-state index is -4.89. The number of nitrogens with one attached hydrogen (secondary N) is 2. The van der Waals surface area contributed by atoms with Gasteiger partial charge in [-0.15, -0.1) is 13.2 Å². The molecule has 0 unspecified atom stereocenters. The van der Waals surface area contributed by atoms with E-state index in [1.807, 2.05) is 30.3 Å². The molecule has 0 fully saturated rings. The molecule has 168 valence electrons. The number of rotatable bonds is 7. The van der Waals surface area contributed by atoms with E-state index in [0.29, 0.717) is 0 Å². The van der Waals surface area contributed by atoms with Crippen molar-refractivity contribution >= 4 is 21.6 Å². The number of para-hydroxylation sites is 1. The van der Waals surface area contributed by atoms with Gasteiger partial charge in [0, 0.05) is 0 Å². The fourth-order valence-electron chi connectivity index (χ4n) is 2.89. The lowest BCUT2D eigenvalue weighted by atomic mass is 10.1. The summed E-state index contributed by atoms with van der Waals surface area (Å²) in [6, 6.07) is 18.7. The lowest BCUT2D eigenvalue weighted by molar-refractivity contribution is -0.274. The second-order valence-corrected chi connectivity index (χ2v) is 8.46. The highest BCUT2D eigenvalue weighted by Gasteiger charge is 2.31. The average Bonchev–Trinajstić information content (AvgIpc) is 2.73. The number of sulfonamides is 1. The molecule has 3 aromatic rings. The van der Waals surface area contributed by atoms with Gasteiger partial charge in [0.05, 0.1) is 22.2 Å². The number of anilines is 1. The molecule has 32 heavy (non-hydrogen) atoms. The van der Waals surface area contributed by atoms with E-state index < -0.39 is 28.0 Å². The summed E-state index contributed by atoms with van der Waals surface area (Å²) in [5, 5.41) is 2.81. The van der Waals surface area contributed by atoms with Crippen molar-refractivity contribution in [2.45, 2.75) is 24.2 Å². The molecule has 0 aliphatic heterocycles. The standard InChI is InChI=1S/C22H19F3N2O4S/c1-15(16-7-3-2-4-8-16)26-21(28)19-9-5-6-10-20(19)27-32(29,30)18-13-11-17(12-14-18)31-22(23,24)25/h2-15,27H,1H3,(H,26,28)/t15-/m0/s1. The van der Waals surface area contributed by atoms with E-state index in [0.717, 1.165) is 29.8 Å². The van der Waals surface area contributed by atoms with E-state index in [4.69, 9.17) is 0 Å². The second-order valence-electron chi connectivity index (χ2n) is 6.78. The van der Waals surface area contributed by atoms with Gasteiger partial charge in [-0.2, -0.15) is 0 Å². The molecular formula is C22H19F3N2O4S. The smallest absolute Gasteiger partial charge is 0.406 e. The van der Waals surface area contributed by atoms with E-state index >= 15 is 0 Å². The molecule has 0 bridgehead atoms. The van der Waals surface area contributed by atoms with Crippen LogP contribution in [0.3, 0.4) is 0 Å². The van der Waals surface area contributed by atoms with Crippen molar-refractivity contribution in [2.24, 2.45) is 0 Å². The third-order valence-corrected chi connectivity index (χ3v) is 5.81. The van der Waals surface area contributed by atoms with Crippen LogP contribution in [0.2, 0.25) is 0 Å². The molecule has 0 heterocycles. The summed E-state index contributed by atoms with van der Waals surface area (Å²) >= 11 is 0. The zero-order valence-corrected chi connectivity index (χ0v) is 17.6. The Kier molecular flexibility index (Phi) is 6.73. The van der Waals surface area contributed by atoms with Crippen molar-refractivity contribution < 1.29 is 31.1 Å². The van der Waals surface area contributed by atoms with Crippen LogP contribution in [0, 0.1) is 0 Å². The molecule has 3 rings (SSSR count). The van der Waals surface area contributed by atoms with Crippen LogP contribution in [0.15, 0.2) is 83.8 Å². The van der Waals surface area contributed by atoms with Crippen molar-refractivity contribution in [3.05, 3.63) is 90.0 Å². The van der Waals surface area contributed by atoms with Crippen molar-refractivity contribution in [2.75, 3.05) is 4.72 Å². The van der Waals surface area contributed by atoms with Gasteiger partial charge in [0.25, 0.3) is 15.9 Å². The van der Waals surface area contributed by atoms with Crippen molar-refractivity contribution in [1.82, 2.24) is 5.32 Å². The molecule has 10 heteroatoms. The lowest BCUT2D eigenvalue weighted by Gasteiger charge is -2.17. The van der Waals surface area contributed by atoms with Crippen LogP contribution in [0.5, 0.6) is 5.75 Å². The highest BCUT2D eigenvalue weighted by Crippen LogP contribution is 2.26. The third kappa shape index (κ3) is 6.01. The number of hydrogen-bond acceptors (Lipinski definition) is 4. The van der Waals surface area contributed by atoms with Crippen LogP contribution >= 0.6 is 0 Å². The Hall–Kier alpha value is -3.53. The predicted molar refractivity (Wildman–Crippen MR) is 113 cm³/mol. The lowest BCUT2D eigenvalue weighted by Crippen LogP contribution is -2.28. The predicted octanol–water partition coefficient (Wildman–Crippen LogP) is 4.88. The number of carbonyl (C=O) groups is 1. The maximum atomic E-state index is 12.8. The van der Waals surface area contributed by atoms with E-state index in [9.17, 15) is 26.4 Å². The summed E-state index contributed by atoms with van der Waals surface area (Å²) in [5.41, 5.74) is 0.997. The first-order valence-corrected chi connectivity index (χ1v) is 10.9. The molecule has 0 radical (unpaired) electrons. The highest BCUT2D eigenvalue weighted by atomic mass is 32.2. The van der Waals surface area contributed by atoms with Crippen LogP contribution in [0.4, 0.5) is 18.9 Å². The van der Waals surface area contributed by atoms with Crippen LogP contribution < -0.4 is 14.8 Å². The van der Waals surface area contributed by atoms with Gasteiger partial charge in [-0.25, -0.2) is 8.42 Å². The second kappa shape index (κ2) is 9.31. The molecule has 0 aliphatic rings. The summed E-state index contributed by atoms with van der Waals surface area (Å²) in [6.07, 6.45) is -4.89. The van der Waals surface area contributed by atoms with E-state index in [2.05, 4.69) is 14.8 Å². The first-order chi connectivity index (χ1) is 15.0. The quantitative estimate of drug-likeness (QED) is 0.522. The summed E-state index contributed by atoms with van der Waals surface area (Å²) in [5.74, 6) is -1.04. The topological polar surface area (TPSA) is 84.5 Å². The number of ether oxygens (including phenoxy) is 1. The van der Waals surface area contributed by atoms with Gasteiger partial charge in [-0.05, 0) is 48.9 Å². The molecule has 1 atom stereocenters. The number of carbonyl (C=O) groups excluding carboxylic acids is 1. The summed E-state index contributed by atoms with van der Waals surface area (Å²) in [4.78, 5) is 12.5. The van der Waals surface area contributed by atoms with Crippen LogP contribution in [-0.2, 0) is 10.0 Å². The number of amides is 1. The van der Waals surface area contributed by atoms with Gasteiger partial charge in [-0.3, -0.25) is 9.52 Å². The Morgan fingerprint density at radius 1 is 0.906 bits per heavy atom. The Morgan fingerprint density at radius 3 is 2.12 bits per heavy atom. The zero-order valence-electron chi connectivity index (χ0n) is 16.8. The maximum Gasteiger partial charge on any atom is 0.573 e. The van der Waals surface area contributed by atoms with Gasteiger partial charge >= 0.3 is 6.36 Å². The van der Waals surface area contributed by atoms with Crippen LogP contribution in [-0.4, -0.2) is 20.7 Å². The van der Waals surface area contributed by atoms with E-state index in [1.165, 1.54) is 12.1 Å². The molecule has 1 amide bonds. The molecule has 3 aromatic carbocycles. The molecule has 0 saturated carbocycles. The molecule has 2 N–H and O–H groups in total. The van der Waals surface area contributed by atoms with Crippen molar-refractivity contribution in [3.8, 4) is 5.75 Å². The van der Waals surface area contributed by atoms with Gasteiger partial charge < -0.3 is 10.1 Å². The molecule has 0 spiro atoms. The van der Waals surface area contributed by atoms with E-state index in [1.54, 1.807) is 19.1 Å². The maximum absolute atomic E-state index is 12.8. The fourth-order valence-corrected chi connectivity index (χ4v) is 3.97. The summed E-state index contributed by atoms with van der Waals surface area (Å²) < 4.78 is 68.4. The van der Waals surface area contributed by atoms with Gasteiger partial charge in [0.15, 0.2) is 0 Å². The Balaban J connectivity index is 1.78. The third-order valence-electron chi connectivity index (χ3n) is 4.43. The van der Waals surface area contributed by atoms with Crippen molar-refractivity contribution in [1.29, 1.82) is 0 Å². The minimum absolute atomic E-state index is 0.0286. The number of hydrogen-bond donors (Lipinski definition) is 2. The van der Waals surface area contributed by atoms with Gasteiger partial charge in [-0.1, -0.05) is 42.5 Å². The van der Waals surface area contributed by atoms with Crippen LogP contribution in [0.25, 0.3) is 0 Å². The zero-order chi connectivity index (χ0) is 23.4.